The van der Waals surface area contributed by atoms with E-state index in [1.807, 2.05) is 32.9 Å². The summed E-state index contributed by atoms with van der Waals surface area (Å²) in [6, 6.07) is 13.9. The van der Waals surface area contributed by atoms with Crippen molar-refractivity contribution in [1.29, 1.82) is 5.26 Å². The Morgan fingerprint density at radius 3 is 2.45 bits per heavy atom. The molecule has 0 bridgehead atoms. The van der Waals surface area contributed by atoms with Gasteiger partial charge in [-0.2, -0.15) is 5.26 Å². The van der Waals surface area contributed by atoms with Gasteiger partial charge in [0.1, 0.15) is 29.7 Å². The fourth-order valence-corrected chi connectivity index (χ4v) is 9.10. The predicted molar refractivity (Wildman–Crippen MR) is 228 cm³/mol. The molecule has 0 radical (unpaired) electrons. The molecule has 13 nitrogen and oxygen atoms in total. The van der Waals surface area contributed by atoms with E-state index < -0.39 is 23.3 Å². The van der Waals surface area contributed by atoms with Crippen LogP contribution >= 0.6 is 0 Å². The van der Waals surface area contributed by atoms with Crippen molar-refractivity contribution >= 4 is 11.6 Å². The minimum Gasteiger partial charge on any atom is -0.492 e. The Morgan fingerprint density at radius 1 is 1.03 bits per heavy atom. The Labute approximate surface area is 355 Å². The van der Waals surface area contributed by atoms with Crippen molar-refractivity contribution in [2.45, 2.75) is 89.1 Å². The van der Waals surface area contributed by atoms with Crippen molar-refractivity contribution in [3.05, 3.63) is 83.5 Å². The molecule has 2 heterocycles. The number of carbonyl (C=O) groups is 1. The third-order valence-corrected chi connectivity index (χ3v) is 11.9. The zero-order chi connectivity index (χ0) is 42.7. The molecule has 2 aliphatic carbocycles. The number of nitrogens with zero attached hydrogens (tertiary/aromatic N) is 4. The Bertz CT molecular complexity index is 1850. The number of carbonyl (C=O) groups excluding carboxylic acids is 1. The van der Waals surface area contributed by atoms with Gasteiger partial charge in [0.2, 0.25) is 5.79 Å². The first-order valence-corrected chi connectivity index (χ1v) is 21.7. The molecule has 2 aromatic carbocycles. The number of amides is 1. The van der Waals surface area contributed by atoms with Crippen molar-refractivity contribution in [2.75, 3.05) is 72.4 Å². The first-order valence-electron chi connectivity index (χ1n) is 21.7. The third kappa shape index (κ3) is 10.8. The lowest BCUT2D eigenvalue weighted by atomic mass is 9.55. The van der Waals surface area contributed by atoms with Gasteiger partial charge in [-0.25, -0.2) is 0 Å². The summed E-state index contributed by atoms with van der Waals surface area (Å²) in [6.45, 7) is 14.0. The Morgan fingerprint density at radius 2 is 1.78 bits per heavy atom. The fourth-order valence-electron chi connectivity index (χ4n) is 9.10. The smallest absolute Gasteiger partial charge is 0.254 e. The summed E-state index contributed by atoms with van der Waals surface area (Å²) in [4.78, 5) is 25.3. The van der Waals surface area contributed by atoms with Crippen LogP contribution in [0.15, 0.2) is 71.9 Å². The molecule has 0 aromatic heterocycles. The molecule has 6 atom stereocenters. The molecule has 1 amide bonds. The van der Waals surface area contributed by atoms with Crippen LogP contribution in [0, 0.1) is 29.1 Å². The number of rotatable bonds is 23. The number of aliphatic hydroxyl groups is 3. The second-order valence-electron chi connectivity index (χ2n) is 17.2. The highest BCUT2D eigenvalue weighted by atomic mass is 16.7. The molecule has 1 saturated heterocycles. The van der Waals surface area contributed by atoms with Crippen molar-refractivity contribution in [2.24, 2.45) is 22.9 Å². The van der Waals surface area contributed by atoms with Gasteiger partial charge in [0.25, 0.3) is 5.91 Å². The van der Waals surface area contributed by atoms with E-state index >= 15 is 4.79 Å². The van der Waals surface area contributed by atoms with Crippen LogP contribution in [-0.2, 0) is 14.3 Å². The van der Waals surface area contributed by atoms with Gasteiger partial charge in [0.15, 0.2) is 0 Å². The van der Waals surface area contributed by atoms with Crippen LogP contribution in [0.1, 0.15) is 93.1 Å². The molecule has 2 fully saturated rings. The fraction of sp³-hybridized carbons (Fsp3) is 0.596. The number of ether oxygens (including phenoxy) is 4. The SMILES string of the molecule is C=CCOC12Oc3ccc(OCCN4CC4)cc3C3C(CCCCO)C(CCCCO)C=C(C(=NOC(C)(C)C)CC1N(CCOCCO)C(=O)c1ccc(C#N)cc1)C32. The van der Waals surface area contributed by atoms with Gasteiger partial charge in [-0.3, -0.25) is 9.69 Å². The van der Waals surface area contributed by atoms with Gasteiger partial charge >= 0.3 is 0 Å². The molecule has 6 rings (SSSR count). The van der Waals surface area contributed by atoms with E-state index in [2.05, 4.69) is 29.7 Å². The summed E-state index contributed by atoms with van der Waals surface area (Å²) < 4.78 is 26.6. The maximum Gasteiger partial charge on any atom is 0.254 e. The molecule has 2 aromatic rings. The van der Waals surface area contributed by atoms with E-state index in [0.717, 1.165) is 62.2 Å². The van der Waals surface area contributed by atoms with Gasteiger partial charge in [0.05, 0.1) is 49.7 Å². The molecule has 0 spiro atoms. The molecule has 60 heavy (non-hydrogen) atoms. The largest absolute Gasteiger partial charge is 0.492 e. The number of oxime groups is 1. The van der Waals surface area contributed by atoms with Gasteiger partial charge in [-0.15, -0.1) is 6.58 Å². The standard InChI is InChI=1S/C47H64N4O9/c1-5-25-58-47-42(51(21-26-56-28-24-54)45(55)34-14-12-33(32-48)13-15-34)31-40(49-60-46(2,3)4)38-29-35(10-6-8-22-52)37(11-7-9-23-53)43(44(38)47)39-30-36(16-17-41(39)59-47)57-27-20-50-18-19-50/h5,12-17,29-30,35,37,42-44,52-54H,1,6-11,18-28,31H2,2-4H3. The van der Waals surface area contributed by atoms with Crippen LogP contribution in [0.2, 0.25) is 0 Å². The van der Waals surface area contributed by atoms with Gasteiger partial charge < -0.3 is 44.0 Å². The highest BCUT2D eigenvalue weighted by Crippen LogP contribution is 2.62. The molecule has 13 heteroatoms. The normalized spacial score (nSPS) is 25.0. The van der Waals surface area contributed by atoms with E-state index in [9.17, 15) is 20.6 Å². The number of fused-ring (bicyclic) bond motifs is 2. The van der Waals surface area contributed by atoms with Gasteiger partial charge in [0, 0.05) is 62.9 Å². The minimum absolute atomic E-state index is 0.0604. The van der Waals surface area contributed by atoms with E-state index in [1.165, 1.54) is 0 Å². The zero-order valence-corrected chi connectivity index (χ0v) is 35.6. The summed E-state index contributed by atoms with van der Waals surface area (Å²) in [5.74, 6) is -0.914. The second-order valence-corrected chi connectivity index (χ2v) is 17.2. The first kappa shape index (κ1) is 45.2. The monoisotopic (exact) mass is 828 g/mol. The van der Waals surface area contributed by atoms with Crippen molar-refractivity contribution < 1.29 is 43.9 Å². The number of nitriles is 1. The number of hydrogen-bond acceptors (Lipinski definition) is 12. The lowest BCUT2D eigenvalue weighted by molar-refractivity contribution is -0.254. The highest BCUT2D eigenvalue weighted by Gasteiger charge is 2.65. The average molecular weight is 829 g/mol. The predicted octanol–water partition coefficient (Wildman–Crippen LogP) is 5.84. The van der Waals surface area contributed by atoms with E-state index in [-0.39, 0.29) is 76.3 Å². The zero-order valence-electron chi connectivity index (χ0n) is 35.6. The summed E-state index contributed by atoms with van der Waals surface area (Å²) in [6.07, 6.45) is 8.85. The minimum atomic E-state index is -1.45. The summed E-state index contributed by atoms with van der Waals surface area (Å²) in [5.41, 5.74) is 2.82. The number of benzene rings is 2. The average Bonchev–Trinajstić information content (AvgIpc) is 4.08. The van der Waals surface area contributed by atoms with Gasteiger partial charge in [-0.1, -0.05) is 30.1 Å². The maximum atomic E-state index is 15.0. The van der Waals surface area contributed by atoms with Crippen LogP contribution in [0.4, 0.5) is 0 Å². The van der Waals surface area contributed by atoms with E-state index in [4.69, 9.17) is 28.9 Å². The van der Waals surface area contributed by atoms with Crippen molar-refractivity contribution in [3.63, 3.8) is 0 Å². The second kappa shape index (κ2) is 21.0. The van der Waals surface area contributed by atoms with Crippen LogP contribution in [0.5, 0.6) is 11.5 Å². The molecule has 1 saturated carbocycles. The number of allylic oxidation sites excluding steroid dienone is 1. The first-order chi connectivity index (χ1) is 29.1. The summed E-state index contributed by atoms with van der Waals surface area (Å²) in [7, 11) is 0. The highest BCUT2D eigenvalue weighted by molar-refractivity contribution is 6.03. The van der Waals surface area contributed by atoms with Crippen LogP contribution in [0.3, 0.4) is 0 Å². The third-order valence-electron chi connectivity index (χ3n) is 11.9. The quantitative estimate of drug-likeness (QED) is 0.0534. The number of aliphatic hydroxyl groups excluding tert-OH is 3. The summed E-state index contributed by atoms with van der Waals surface area (Å²) in [5, 5.41) is 43.9. The molecule has 2 aliphatic heterocycles. The van der Waals surface area contributed by atoms with Crippen molar-refractivity contribution in [1.82, 2.24) is 9.80 Å². The maximum absolute atomic E-state index is 15.0. The lowest BCUT2D eigenvalue weighted by Crippen LogP contribution is -2.70. The Kier molecular flexibility index (Phi) is 15.8. The van der Waals surface area contributed by atoms with Gasteiger partial charge in [-0.05, 0) is 106 Å². The van der Waals surface area contributed by atoms with Crippen LogP contribution < -0.4 is 9.47 Å². The lowest BCUT2D eigenvalue weighted by Gasteiger charge is -2.60. The van der Waals surface area contributed by atoms with Crippen LogP contribution in [0.25, 0.3) is 0 Å². The van der Waals surface area contributed by atoms with Crippen LogP contribution in [-0.4, -0.2) is 127 Å². The Hall–Kier alpha value is -4.29. The molecule has 6 unspecified atom stereocenters. The number of hydrogen-bond donors (Lipinski definition) is 3. The molecular weight excluding hydrogens is 765 g/mol. The van der Waals surface area contributed by atoms with E-state index in [0.29, 0.717) is 42.0 Å². The topological polar surface area (TPSA) is 166 Å². The molecule has 4 aliphatic rings. The molecular formula is C47H64N4O9. The summed E-state index contributed by atoms with van der Waals surface area (Å²) >= 11 is 0. The Balaban J connectivity index is 1.58. The van der Waals surface area contributed by atoms with E-state index in [1.54, 1.807) is 35.2 Å². The van der Waals surface area contributed by atoms with Crippen molar-refractivity contribution in [3.8, 4) is 17.6 Å². The molecule has 326 valence electrons. The molecule has 3 N–H and O–H groups in total. The number of unbranched alkanes of at least 4 members (excludes halogenated alkanes) is 2.